The second-order valence-corrected chi connectivity index (χ2v) is 4.91. The molecule has 0 bridgehead atoms. The molecule has 2 aromatic heterocycles. The first kappa shape index (κ1) is 17.1. The average molecular weight is 348 g/mol. The van der Waals surface area contributed by atoms with Crippen molar-refractivity contribution in [3.05, 3.63) is 35.1 Å². The van der Waals surface area contributed by atoms with E-state index in [1.54, 1.807) is 6.07 Å². The molecule has 124 valence electrons. The largest absolute Gasteiger partial charge is 0.468 e. The topological polar surface area (TPSA) is 86.0 Å². The molecule has 10 heteroatoms. The lowest BCUT2D eigenvalue weighted by atomic mass is 10.2. The third-order valence-corrected chi connectivity index (χ3v) is 2.81. The monoisotopic (exact) mass is 347 g/mol. The minimum atomic E-state index is -4.38. The molecule has 0 aliphatic rings. The fraction of sp³-hybridized carbons (Fsp3) is 0.308. The van der Waals surface area contributed by atoms with Gasteiger partial charge in [0, 0.05) is 24.9 Å². The number of nitrogens with zero attached hydrogens (tertiary/aromatic N) is 3. The maximum atomic E-state index is 12.0. The molecule has 0 aromatic carbocycles. The molecule has 0 amide bonds. The number of nitrogens with one attached hydrogen (secondary N) is 1. The molecule has 2 rings (SSSR count). The van der Waals surface area contributed by atoms with Crippen molar-refractivity contribution in [3.63, 3.8) is 0 Å². The maximum Gasteiger partial charge on any atom is 0.422 e. The summed E-state index contributed by atoms with van der Waals surface area (Å²) in [5, 5.41) is 3.24. The predicted octanol–water partition coefficient (Wildman–Crippen LogP) is 2.70. The van der Waals surface area contributed by atoms with Crippen molar-refractivity contribution >= 4 is 23.4 Å². The van der Waals surface area contributed by atoms with Crippen LogP contribution in [0, 0.1) is 0 Å². The summed E-state index contributed by atoms with van der Waals surface area (Å²) in [6.45, 7) is -0.853. The number of nitrogens with two attached hydrogens (primary N) is 1. The molecule has 0 aliphatic heterocycles. The molecule has 0 spiro atoms. The summed E-state index contributed by atoms with van der Waals surface area (Å²) < 4.78 is 40.6. The molecule has 0 saturated carbocycles. The number of pyridine rings is 1. The Hall–Kier alpha value is -2.29. The van der Waals surface area contributed by atoms with Gasteiger partial charge < -0.3 is 15.8 Å². The molecule has 0 fully saturated rings. The third kappa shape index (κ3) is 6.15. The Labute approximate surface area is 134 Å². The molecular formula is C13H13ClF3N5O. The first-order valence-electron chi connectivity index (χ1n) is 6.50. The molecule has 0 aliphatic carbocycles. The van der Waals surface area contributed by atoms with Crippen LogP contribution < -0.4 is 15.8 Å². The quantitative estimate of drug-likeness (QED) is 0.781. The maximum absolute atomic E-state index is 12.0. The highest BCUT2D eigenvalue weighted by atomic mass is 35.5. The highest BCUT2D eigenvalue weighted by Crippen LogP contribution is 2.17. The van der Waals surface area contributed by atoms with Crippen molar-refractivity contribution < 1.29 is 17.9 Å². The summed E-state index contributed by atoms with van der Waals surface area (Å²) in [4.78, 5) is 11.5. The van der Waals surface area contributed by atoms with Crippen molar-refractivity contribution in [3.8, 4) is 5.88 Å². The highest BCUT2D eigenvalue weighted by molar-refractivity contribution is 6.29. The van der Waals surface area contributed by atoms with Crippen LogP contribution in [-0.4, -0.2) is 34.3 Å². The normalized spacial score (nSPS) is 11.3. The fourth-order valence-corrected chi connectivity index (χ4v) is 1.85. The smallest absolute Gasteiger partial charge is 0.422 e. The van der Waals surface area contributed by atoms with Gasteiger partial charge in [0.2, 0.25) is 11.8 Å². The molecule has 0 saturated heterocycles. The van der Waals surface area contributed by atoms with Gasteiger partial charge >= 0.3 is 6.18 Å². The molecular weight excluding hydrogens is 335 g/mol. The van der Waals surface area contributed by atoms with Crippen LogP contribution in [0.3, 0.4) is 0 Å². The number of hydrogen-bond donors (Lipinski definition) is 2. The third-order valence-electron chi connectivity index (χ3n) is 2.61. The number of hydrogen-bond acceptors (Lipinski definition) is 6. The lowest BCUT2D eigenvalue weighted by Gasteiger charge is -2.09. The molecule has 3 N–H and O–H groups in total. The molecule has 6 nitrogen and oxygen atoms in total. The Bertz CT molecular complexity index is 631. The van der Waals surface area contributed by atoms with Crippen LogP contribution in [0.15, 0.2) is 24.4 Å². The zero-order valence-electron chi connectivity index (χ0n) is 11.8. The number of rotatable bonds is 6. The first-order chi connectivity index (χ1) is 10.8. The van der Waals surface area contributed by atoms with Crippen LogP contribution in [0.4, 0.5) is 24.9 Å². The molecule has 0 radical (unpaired) electrons. The number of alkyl halides is 3. The van der Waals surface area contributed by atoms with E-state index in [0.29, 0.717) is 18.8 Å². The molecule has 2 aromatic rings. The molecule has 0 unspecified atom stereocenters. The minimum absolute atomic E-state index is 0.0628. The van der Waals surface area contributed by atoms with Crippen molar-refractivity contribution in [1.82, 2.24) is 15.0 Å². The summed E-state index contributed by atoms with van der Waals surface area (Å²) in [5.74, 6) is 0.475. The van der Waals surface area contributed by atoms with E-state index in [4.69, 9.17) is 17.3 Å². The SMILES string of the molecule is Nc1nc(Cl)cc(NCCc2ccc(OCC(F)(F)F)nc2)n1. The minimum Gasteiger partial charge on any atom is -0.468 e. The van der Waals surface area contributed by atoms with E-state index in [1.165, 1.54) is 18.3 Å². The van der Waals surface area contributed by atoms with Crippen LogP contribution in [0.25, 0.3) is 0 Å². The number of aromatic nitrogens is 3. The number of anilines is 2. The van der Waals surface area contributed by atoms with E-state index in [-0.39, 0.29) is 17.0 Å². The lowest BCUT2D eigenvalue weighted by molar-refractivity contribution is -0.154. The van der Waals surface area contributed by atoms with E-state index < -0.39 is 12.8 Å². The highest BCUT2D eigenvalue weighted by Gasteiger charge is 2.28. The average Bonchev–Trinajstić information content (AvgIpc) is 2.44. The Kier molecular flexibility index (Phi) is 5.43. The first-order valence-corrected chi connectivity index (χ1v) is 6.88. The Morgan fingerprint density at radius 3 is 2.65 bits per heavy atom. The molecule has 0 atom stereocenters. The van der Waals surface area contributed by atoms with E-state index in [1.807, 2.05) is 0 Å². The lowest BCUT2D eigenvalue weighted by Crippen LogP contribution is -2.19. The van der Waals surface area contributed by atoms with E-state index >= 15 is 0 Å². The zero-order valence-corrected chi connectivity index (χ0v) is 12.5. The summed E-state index contributed by atoms with van der Waals surface area (Å²) >= 11 is 5.75. The van der Waals surface area contributed by atoms with E-state index in [2.05, 4.69) is 25.0 Å². The van der Waals surface area contributed by atoms with Gasteiger partial charge in [0.05, 0.1) is 0 Å². The van der Waals surface area contributed by atoms with Gasteiger partial charge in [-0.1, -0.05) is 17.7 Å². The second kappa shape index (κ2) is 7.32. The van der Waals surface area contributed by atoms with Crippen molar-refractivity contribution in [2.45, 2.75) is 12.6 Å². The Morgan fingerprint density at radius 2 is 2.04 bits per heavy atom. The van der Waals surface area contributed by atoms with E-state index in [9.17, 15) is 13.2 Å². The second-order valence-electron chi connectivity index (χ2n) is 4.52. The number of nitrogen functional groups attached to an aromatic ring is 1. The van der Waals surface area contributed by atoms with Gasteiger partial charge in [0.15, 0.2) is 6.61 Å². The van der Waals surface area contributed by atoms with Gasteiger partial charge in [-0.3, -0.25) is 0 Å². The number of ether oxygens (including phenoxy) is 1. The van der Waals surface area contributed by atoms with Gasteiger partial charge in [-0.15, -0.1) is 0 Å². The summed E-state index contributed by atoms with van der Waals surface area (Å²) in [7, 11) is 0. The standard InChI is InChI=1S/C13H13ClF3N5O/c14-9-5-10(22-12(18)21-9)19-4-3-8-1-2-11(20-6-8)23-7-13(15,16)17/h1-2,5-6H,3-4,7H2,(H3,18,19,21,22). The Morgan fingerprint density at radius 1 is 1.26 bits per heavy atom. The predicted molar refractivity (Wildman–Crippen MR) is 79.4 cm³/mol. The van der Waals surface area contributed by atoms with Crippen LogP contribution in [-0.2, 0) is 6.42 Å². The van der Waals surface area contributed by atoms with Crippen LogP contribution in [0.1, 0.15) is 5.56 Å². The van der Waals surface area contributed by atoms with E-state index in [0.717, 1.165) is 5.56 Å². The van der Waals surface area contributed by atoms with Crippen LogP contribution in [0.2, 0.25) is 5.15 Å². The Balaban J connectivity index is 1.82. The zero-order chi connectivity index (χ0) is 16.9. The molecule has 2 heterocycles. The van der Waals surface area contributed by atoms with Crippen LogP contribution in [0.5, 0.6) is 5.88 Å². The van der Waals surface area contributed by atoms with Gasteiger partial charge in [-0.25, -0.2) is 9.97 Å². The van der Waals surface area contributed by atoms with Crippen LogP contribution >= 0.6 is 11.6 Å². The number of halogens is 4. The molecule has 23 heavy (non-hydrogen) atoms. The summed E-state index contributed by atoms with van der Waals surface area (Å²) in [6.07, 6.45) is -2.35. The van der Waals surface area contributed by atoms with Crippen molar-refractivity contribution in [2.24, 2.45) is 0 Å². The van der Waals surface area contributed by atoms with Crippen molar-refractivity contribution in [1.29, 1.82) is 0 Å². The van der Waals surface area contributed by atoms with Gasteiger partial charge in [0.25, 0.3) is 0 Å². The van der Waals surface area contributed by atoms with Crippen molar-refractivity contribution in [2.75, 3.05) is 24.2 Å². The fourth-order valence-electron chi connectivity index (χ4n) is 1.66. The summed E-state index contributed by atoms with van der Waals surface area (Å²) in [6, 6.07) is 4.56. The van der Waals surface area contributed by atoms with Gasteiger partial charge in [0.1, 0.15) is 11.0 Å². The summed E-state index contributed by atoms with van der Waals surface area (Å²) in [5.41, 5.74) is 6.29. The van der Waals surface area contributed by atoms with Gasteiger partial charge in [-0.05, 0) is 12.0 Å². The van der Waals surface area contributed by atoms with Gasteiger partial charge in [-0.2, -0.15) is 18.2 Å².